The van der Waals surface area contributed by atoms with Crippen LogP contribution in [0, 0.1) is 4.91 Å². The molecule has 0 fully saturated rings. The summed E-state index contributed by atoms with van der Waals surface area (Å²) in [5, 5.41) is 4.05. The average Bonchev–Trinajstić information content (AvgIpc) is 3.38. The number of benzene rings is 2. The zero-order valence-electron chi connectivity index (χ0n) is 25.8. The van der Waals surface area contributed by atoms with Crippen molar-refractivity contribution >= 4 is 40.8 Å². The van der Waals surface area contributed by atoms with Gasteiger partial charge in [0.1, 0.15) is 23.3 Å². The van der Waals surface area contributed by atoms with Crippen molar-refractivity contribution in [2.45, 2.75) is 83.1 Å². The first-order valence-corrected chi connectivity index (χ1v) is 17.5. The second kappa shape index (κ2) is 17.3. The SMILES string of the molecule is O=NSCCCCCCCCCCOc1ccc(CC2Nc3c(Cc4ccccc4)nc(C4=CCCC=C4)c[n+]3C2=O)cc1Cl. The van der Waals surface area contributed by atoms with E-state index < -0.39 is 6.04 Å². The molecule has 45 heavy (non-hydrogen) atoms. The highest BCUT2D eigenvalue weighted by molar-refractivity contribution is 7.97. The summed E-state index contributed by atoms with van der Waals surface area (Å²) in [5.74, 6) is 2.28. The number of unbranched alkanes of at least 4 members (excludes halogenated alkanes) is 7. The molecule has 1 aromatic heterocycles. The fraction of sp³-hybridized carbons (Fsp3) is 0.417. The number of nitrogens with zero attached hydrogens (tertiary/aromatic N) is 3. The van der Waals surface area contributed by atoms with Gasteiger partial charge in [-0.05, 0) is 54.5 Å². The molecular formula is C36H42ClN4O3S+. The number of ether oxygens (including phenoxy) is 1. The molecule has 7 nitrogen and oxygen atoms in total. The maximum atomic E-state index is 13.7. The molecule has 1 atom stereocenters. The summed E-state index contributed by atoms with van der Waals surface area (Å²) in [6.45, 7) is 0.634. The topological polar surface area (TPSA) is 84.5 Å². The normalized spacial score (nSPS) is 15.4. The van der Waals surface area contributed by atoms with E-state index in [0.717, 1.165) is 83.7 Å². The van der Waals surface area contributed by atoms with Crippen molar-refractivity contribution in [3.63, 3.8) is 0 Å². The molecule has 5 rings (SSSR count). The number of carbonyl (C=O) groups is 1. The van der Waals surface area contributed by atoms with Crippen LogP contribution in [0.2, 0.25) is 5.02 Å². The molecule has 1 aliphatic carbocycles. The lowest BCUT2D eigenvalue weighted by atomic mass is 10.0. The number of hydrogen-bond acceptors (Lipinski definition) is 7. The van der Waals surface area contributed by atoms with Crippen molar-refractivity contribution in [3.05, 3.63) is 105 Å². The van der Waals surface area contributed by atoms with Crippen LogP contribution >= 0.6 is 23.5 Å². The first-order valence-electron chi connectivity index (χ1n) is 16.2. The number of carbonyl (C=O) groups excluding carboxylic acids is 1. The standard InChI is InChI=1S/C36H41ClN4O3S/c37-30-23-28(19-20-34(30)44-21-13-5-3-1-2-4-6-14-22-45-40-43)25-32-36(42)41-26-33(29-17-11-8-12-18-29)38-31(35(41)39-32)24-27-15-9-7-10-16-27/h7,9-11,15-20,23,26,32H,1-6,8,12-14,21-22,24-25H2/p+1. The lowest BCUT2D eigenvalue weighted by molar-refractivity contribution is -0.553. The van der Waals surface area contributed by atoms with Gasteiger partial charge in [0.2, 0.25) is 0 Å². The van der Waals surface area contributed by atoms with Gasteiger partial charge in [0, 0.05) is 35.1 Å². The van der Waals surface area contributed by atoms with E-state index in [1.807, 2.05) is 42.6 Å². The van der Waals surface area contributed by atoms with Gasteiger partial charge in [-0.1, -0.05) is 105 Å². The summed E-state index contributed by atoms with van der Waals surface area (Å²) in [6.07, 6.45) is 20.7. The summed E-state index contributed by atoms with van der Waals surface area (Å²) in [6, 6.07) is 15.7. The fourth-order valence-corrected chi connectivity index (χ4v) is 6.51. The van der Waals surface area contributed by atoms with Crippen LogP contribution in [0.1, 0.15) is 91.5 Å². The van der Waals surface area contributed by atoms with Crippen LogP contribution in [-0.4, -0.2) is 29.3 Å². The first-order chi connectivity index (χ1) is 22.1. The molecule has 0 spiro atoms. The van der Waals surface area contributed by atoms with Crippen LogP contribution in [0.4, 0.5) is 5.82 Å². The van der Waals surface area contributed by atoms with Crippen LogP contribution in [0.15, 0.2) is 77.5 Å². The number of anilines is 1. The Hall–Kier alpha value is -3.49. The Labute approximate surface area is 275 Å². The highest BCUT2D eigenvalue weighted by Gasteiger charge is 2.41. The van der Waals surface area contributed by atoms with Crippen LogP contribution in [0.25, 0.3) is 5.57 Å². The average molecular weight is 646 g/mol. The van der Waals surface area contributed by atoms with Gasteiger partial charge >= 0.3 is 11.7 Å². The van der Waals surface area contributed by atoms with Gasteiger partial charge in [0.05, 0.1) is 11.6 Å². The van der Waals surface area contributed by atoms with E-state index in [2.05, 4.69) is 40.3 Å². The lowest BCUT2D eigenvalue weighted by Crippen LogP contribution is -2.44. The number of fused-ring (bicyclic) bond motifs is 1. The van der Waals surface area contributed by atoms with Crippen LogP contribution in [0.5, 0.6) is 5.75 Å². The molecule has 0 radical (unpaired) electrons. The third-order valence-electron chi connectivity index (χ3n) is 8.25. The monoisotopic (exact) mass is 645 g/mol. The van der Waals surface area contributed by atoms with Crippen LogP contribution in [-0.2, 0) is 12.8 Å². The molecular weight excluding hydrogens is 604 g/mol. The Morgan fingerprint density at radius 2 is 1.76 bits per heavy atom. The second-order valence-corrected chi connectivity index (χ2v) is 12.9. The highest BCUT2D eigenvalue weighted by atomic mass is 35.5. The Bertz CT molecular complexity index is 1510. The van der Waals surface area contributed by atoms with Crippen molar-refractivity contribution in [2.75, 3.05) is 17.7 Å². The number of rotatable bonds is 18. The van der Waals surface area contributed by atoms with E-state index in [-0.39, 0.29) is 5.91 Å². The quantitative estimate of drug-likeness (QED) is 0.0643. The second-order valence-electron chi connectivity index (χ2n) is 11.7. The van der Waals surface area contributed by atoms with Gasteiger partial charge in [-0.2, -0.15) is 4.57 Å². The van der Waals surface area contributed by atoms with Crippen molar-refractivity contribution in [3.8, 4) is 5.75 Å². The Morgan fingerprint density at radius 1 is 0.978 bits per heavy atom. The van der Waals surface area contributed by atoms with Crippen molar-refractivity contribution in [1.82, 2.24) is 4.98 Å². The Balaban J connectivity index is 1.14. The minimum absolute atomic E-state index is 0.00833. The predicted molar refractivity (Wildman–Crippen MR) is 184 cm³/mol. The summed E-state index contributed by atoms with van der Waals surface area (Å²) in [5.41, 5.74) is 4.86. The molecule has 236 valence electrons. The zero-order valence-corrected chi connectivity index (χ0v) is 27.3. The van der Waals surface area contributed by atoms with E-state index in [9.17, 15) is 9.70 Å². The molecule has 3 aromatic rings. The smallest absolute Gasteiger partial charge is 0.359 e. The lowest BCUT2D eigenvalue weighted by Gasteiger charge is -2.10. The number of nitroso groups, excluding NO2 is 1. The zero-order chi connectivity index (χ0) is 31.3. The van der Waals surface area contributed by atoms with Gasteiger partial charge in [-0.25, -0.2) is 9.78 Å². The molecule has 2 aliphatic rings. The number of nitrogens with one attached hydrogen (secondary N) is 1. The number of aromatic nitrogens is 2. The fourth-order valence-electron chi connectivity index (χ4n) is 5.84. The third kappa shape index (κ3) is 9.50. The van der Waals surface area contributed by atoms with Crippen LogP contribution in [0.3, 0.4) is 0 Å². The van der Waals surface area contributed by atoms with Gasteiger partial charge in [0.25, 0.3) is 0 Å². The van der Waals surface area contributed by atoms with Crippen molar-refractivity contribution in [1.29, 1.82) is 0 Å². The van der Waals surface area contributed by atoms with E-state index in [0.29, 0.717) is 30.2 Å². The predicted octanol–water partition coefficient (Wildman–Crippen LogP) is 8.94. The Morgan fingerprint density at radius 3 is 2.49 bits per heavy atom. The molecule has 1 N–H and O–H groups in total. The molecule has 2 aromatic carbocycles. The number of halogens is 1. The summed E-state index contributed by atoms with van der Waals surface area (Å²) in [4.78, 5) is 28.8. The molecule has 0 saturated heterocycles. The van der Waals surface area contributed by atoms with Gasteiger partial charge in [-0.3, -0.25) is 5.32 Å². The van der Waals surface area contributed by atoms with Crippen molar-refractivity contribution in [2.24, 2.45) is 4.58 Å². The molecule has 1 unspecified atom stereocenters. The number of allylic oxidation sites excluding steroid dienone is 4. The molecule has 0 saturated carbocycles. The summed E-state index contributed by atoms with van der Waals surface area (Å²) < 4.78 is 10.6. The van der Waals surface area contributed by atoms with E-state index in [4.69, 9.17) is 21.3 Å². The van der Waals surface area contributed by atoms with E-state index >= 15 is 0 Å². The largest absolute Gasteiger partial charge is 0.492 e. The Kier molecular flexibility index (Phi) is 12.6. The van der Waals surface area contributed by atoms with Crippen LogP contribution < -0.4 is 14.6 Å². The number of hydrogen-bond donors (Lipinski definition) is 1. The maximum Gasteiger partial charge on any atom is 0.359 e. The van der Waals surface area contributed by atoms with Crippen molar-refractivity contribution < 1.29 is 14.1 Å². The third-order valence-corrected chi connectivity index (χ3v) is 9.12. The highest BCUT2D eigenvalue weighted by Crippen LogP contribution is 2.29. The molecule has 0 amide bonds. The summed E-state index contributed by atoms with van der Waals surface area (Å²) in [7, 11) is 0. The molecule has 0 bridgehead atoms. The molecule has 1 aliphatic heterocycles. The molecule has 9 heteroatoms. The van der Waals surface area contributed by atoms with Gasteiger partial charge in [-0.15, -0.1) is 4.91 Å². The van der Waals surface area contributed by atoms with E-state index in [1.165, 1.54) is 32.1 Å². The summed E-state index contributed by atoms with van der Waals surface area (Å²) >= 11 is 7.74. The first kappa shape index (κ1) is 32.9. The maximum absolute atomic E-state index is 13.7. The molecule has 2 heterocycles. The minimum Gasteiger partial charge on any atom is -0.492 e. The minimum atomic E-state index is -0.414. The van der Waals surface area contributed by atoms with Gasteiger partial charge < -0.3 is 4.74 Å². The van der Waals surface area contributed by atoms with Gasteiger partial charge in [0.15, 0.2) is 6.04 Å². The van der Waals surface area contributed by atoms with E-state index in [1.54, 1.807) is 4.57 Å².